The Morgan fingerprint density at radius 1 is 1.04 bits per heavy atom. The minimum absolute atomic E-state index is 0.127. The van der Waals surface area contributed by atoms with Crippen molar-refractivity contribution in [2.75, 3.05) is 6.54 Å². The molecule has 0 radical (unpaired) electrons. The van der Waals surface area contributed by atoms with Crippen molar-refractivity contribution < 1.29 is 18.3 Å². The molecule has 3 rings (SSSR count). The Hall–Kier alpha value is -2.18. The molecule has 6 heteroatoms. The van der Waals surface area contributed by atoms with Gasteiger partial charge in [0.2, 0.25) is 0 Å². The smallest absolute Gasteiger partial charge is 0.312 e. The van der Waals surface area contributed by atoms with Gasteiger partial charge < -0.3 is 10.8 Å². The molecule has 3 atom stereocenters. The second kappa shape index (κ2) is 5.47. The van der Waals surface area contributed by atoms with E-state index in [0.29, 0.717) is 5.56 Å². The van der Waals surface area contributed by atoms with Crippen LogP contribution in [-0.2, 0) is 14.6 Å². The normalized spacial score (nSPS) is 26.7. The molecule has 1 aliphatic carbocycles. The molecule has 2 aromatic carbocycles. The van der Waals surface area contributed by atoms with Gasteiger partial charge in [0.15, 0.2) is 9.84 Å². The molecule has 0 saturated heterocycles. The molecule has 0 aliphatic heterocycles. The average Bonchev–Trinajstić information content (AvgIpc) is 3.28. The molecule has 1 fully saturated rings. The fraction of sp³-hybridized carbons (Fsp3) is 0.235. The molecule has 120 valence electrons. The number of aliphatic carboxylic acids is 1. The van der Waals surface area contributed by atoms with E-state index < -0.39 is 32.4 Å². The lowest BCUT2D eigenvalue weighted by atomic mass is 9.99. The molecular weight excluding hydrogens is 314 g/mol. The molecule has 0 spiro atoms. The first-order valence-corrected chi connectivity index (χ1v) is 8.78. The molecule has 0 amide bonds. The number of carboxylic acid groups (broad SMARTS) is 1. The van der Waals surface area contributed by atoms with Crippen LogP contribution in [-0.4, -0.2) is 31.3 Å². The Morgan fingerprint density at radius 2 is 1.57 bits per heavy atom. The van der Waals surface area contributed by atoms with Gasteiger partial charge in [0, 0.05) is 12.5 Å². The topological polar surface area (TPSA) is 97.5 Å². The monoisotopic (exact) mass is 331 g/mol. The number of sulfone groups is 1. The summed E-state index contributed by atoms with van der Waals surface area (Å²) < 4.78 is 25.9. The second-order valence-corrected chi connectivity index (χ2v) is 7.79. The predicted molar refractivity (Wildman–Crippen MR) is 85.7 cm³/mol. The van der Waals surface area contributed by atoms with Gasteiger partial charge in [-0.1, -0.05) is 48.5 Å². The molecule has 1 saturated carbocycles. The summed E-state index contributed by atoms with van der Waals surface area (Å²) in [5.41, 5.74) is 4.93. The van der Waals surface area contributed by atoms with Gasteiger partial charge in [-0.3, -0.25) is 4.79 Å². The van der Waals surface area contributed by atoms with Crippen molar-refractivity contribution in [3.63, 3.8) is 0 Å². The molecule has 23 heavy (non-hydrogen) atoms. The number of benzene rings is 2. The quantitative estimate of drug-likeness (QED) is 0.868. The van der Waals surface area contributed by atoms with Crippen LogP contribution in [0.5, 0.6) is 0 Å². The molecule has 0 heterocycles. The molecule has 0 bridgehead atoms. The highest BCUT2D eigenvalue weighted by molar-refractivity contribution is 7.92. The van der Waals surface area contributed by atoms with E-state index in [4.69, 9.17) is 5.73 Å². The van der Waals surface area contributed by atoms with Gasteiger partial charge in [0.25, 0.3) is 0 Å². The van der Waals surface area contributed by atoms with E-state index in [1.165, 1.54) is 12.1 Å². The van der Waals surface area contributed by atoms with E-state index in [2.05, 4.69) is 0 Å². The summed E-state index contributed by atoms with van der Waals surface area (Å²) in [7, 11) is -3.79. The minimum Gasteiger partial charge on any atom is -0.481 e. The zero-order valence-electron chi connectivity index (χ0n) is 12.3. The zero-order chi connectivity index (χ0) is 16.7. The molecule has 2 aromatic rings. The Balaban J connectivity index is 2.12. The van der Waals surface area contributed by atoms with Crippen LogP contribution in [0.1, 0.15) is 11.5 Å². The van der Waals surface area contributed by atoms with E-state index in [1.807, 2.05) is 0 Å². The van der Waals surface area contributed by atoms with E-state index in [9.17, 15) is 18.3 Å². The molecular formula is C17H17NO4S. The number of hydrogen-bond donors (Lipinski definition) is 2. The van der Waals surface area contributed by atoms with Crippen molar-refractivity contribution in [3.8, 4) is 0 Å². The number of carbonyl (C=O) groups is 1. The van der Waals surface area contributed by atoms with E-state index in [0.717, 1.165) is 0 Å². The van der Waals surface area contributed by atoms with Gasteiger partial charge in [-0.25, -0.2) is 8.42 Å². The van der Waals surface area contributed by atoms with Crippen LogP contribution in [0.25, 0.3) is 0 Å². The van der Waals surface area contributed by atoms with Gasteiger partial charge in [-0.05, 0) is 17.7 Å². The highest BCUT2D eigenvalue weighted by atomic mass is 32.2. The Bertz CT molecular complexity index is 820. The fourth-order valence-electron chi connectivity index (χ4n) is 3.34. The number of carboxylic acids is 1. The summed E-state index contributed by atoms with van der Waals surface area (Å²) >= 11 is 0. The number of rotatable bonds is 5. The second-order valence-electron chi connectivity index (χ2n) is 5.72. The molecule has 0 unspecified atom stereocenters. The van der Waals surface area contributed by atoms with Crippen LogP contribution in [0.3, 0.4) is 0 Å². The molecule has 3 N–H and O–H groups in total. The number of hydrogen-bond acceptors (Lipinski definition) is 4. The minimum atomic E-state index is -3.79. The SMILES string of the molecule is NC[C@@]1(C(=O)O)[C@H](c2ccccc2)[C@@H]1S(=O)(=O)c1ccccc1. The van der Waals surface area contributed by atoms with Crippen molar-refractivity contribution in [1.29, 1.82) is 0 Å². The molecule has 1 aliphatic rings. The molecule has 5 nitrogen and oxygen atoms in total. The van der Waals surface area contributed by atoms with Gasteiger partial charge in [-0.15, -0.1) is 0 Å². The first kappa shape index (κ1) is 15.7. The van der Waals surface area contributed by atoms with Gasteiger partial charge in [0.05, 0.1) is 10.1 Å². The lowest BCUT2D eigenvalue weighted by Gasteiger charge is -2.10. The Kier molecular flexibility index (Phi) is 3.74. The lowest BCUT2D eigenvalue weighted by Crippen LogP contribution is -2.31. The van der Waals surface area contributed by atoms with Crippen LogP contribution in [0, 0.1) is 5.41 Å². The van der Waals surface area contributed by atoms with Crippen molar-refractivity contribution in [2.45, 2.75) is 16.1 Å². The van der Waals surface area contributed by atoms with E-state index in [-0.39, 0.29) is 11.4 Å². The average molecular weight is 331 g/mol. The Morgan fingerprint density at radius 3 is 2.04 bits per heavy atom. The third kappa shape index (κ3) is 2.26. The largest absolute Gasteiger partial charge is 0.481 e. The van der Waals surface area contributed by atoms with Crippen LogP contribution in [0.15, 0.2) is 65.6 Å². The highest BCUT2D eigenvalue weighted by Crippen LogP contribution is 2.63. The van der Waals surface area contributed by atoms with Crippen molar-refractivity contribution in [3.05, 3.63) is 66.2 Å². The van der Waals surface area contributed by atoms with E-state index >= 15 is 0 Å². The lowest BCUT2D eigenvalue weighted by molar-refractivity contribution is -0.143. The van der Waals surface area contributed by atoms with Crippen molar-refractivity contribution in [1.82, 2.24) is 0 Å². The maximum Gasteiger partial charge on any atom is 0.312 e. The summed E-state index contributed by atoms with van der Waals surface area (Å²) in [6.45, 7) is -0.224. The van der Waals surface area contributed by atoms with Crippen LogP contribution < -0.4 is 5.73 Å². The summed E-state index contributed by atoms with van der Waals surface area (Å²) in [5, 5.41) is 8.62. The fourth-order valence-corrected chi connectivity index (χ4v) is 5.74. The van der Waals surface area contributed by atoms with Crippen LogP contribution >= 0.6 is 0 Å². The number of nitrogens with two attached hydrogens (primary N) is 1. The van der Waals surface area contributed by atoms with E-state index in [1.54, 1.807) is 48.5 Å². The van der Waals surface area contributed by atoms with Gasteiger partial charge in [-0.2, -0.15) is 0 Å². The van der Waals surface area contributed by atoms with Gasteiger partial charge in [0.1, 0.15) is 5.41 Å². The highest BCUT2D eigenvalue weighted by Gasteiger charge is 2.75. The maximum atomic E-state index is 12.9. The molecule has 0 aromatic heterocycles. The Labute approximate surface area is 134 Å². The standard InChI is InChI=1S/C17H17NO4S/c18-11-17(16(19)20)14(12-7-3-1-4-8-12)15(17)23(21,22)13-9-5-2-6-10-13/h1-10,14-15H,11,18H2,(H,19,20)/t14-,15+,17-/m1/s1. The summed E-state index contributed by atoms with van der Waals surface area (Å²) in [5.74, 6) is -1.81. The van der Waals surface area contributed by atoms with Gasteiger partial charge >= 0.3 is 5.97 Å². The van der Waals surface area contributed by atoms with Crippen molar-refractivity contribution >= 4 is 15.8 Å². The predicted octanol–water partition coefficient (Wildman–Crippen LogP) is 1.66. The third-order valence-electron chi connectivity index (χ3n) is 4.56. The summed E-state index contributed by atoms with van der Waals surface area (Å²) in [4.78, 5) is 12.0. The third-order valence-corrected chi connectivity index (χ3v) is 6.85. The van der Waals surface area contributed by atoms with Crippen LogP contribution in [0.4, 0.5) is 0 Å². The summed E-state index contributed by atoms with van der Waals surface area (Å²) in [6.07, 6.45) is 0. The first-order valence-electron chi connectivity index (χ1n) is 7.23. The van der Waals surface area contributed by atoms with Crippen molar-refractivity contribution in [2.24, 2.45) is 11.1 Å². The zero-order valence-corrected chi connectivity index (χ0v) is 13.1. The van der Waals surface area contributed by atoms with Crippen LogP contribution in [0.2, 0.25) is 0 Å². The summed E-state index contributed by atoms with van der Waals surface area (Å²) in [6, 6.07) is 16.8. The maximum absolute atomic E-state index is 12.9. The first-order chi connectivity index (χ1) is 11.0.